The molecule has 3 rings (SSSR count). The van der Waals surface area contributed by atoms with Crippen molar-refractivity contribution < 1.29 is 31.5 Å². The second-order valence-corrected chi connectivity index (χ2v) is 8.82. The van der Waals surface area contributed by atoms with Gasteiger partial charge in [-0.1, -0.05) is 12.1 Å². The zero-order chi connectivity index (χ0) is 20.3. The van der Waals surface area contributed by atoms with Gasteiger partial charge < -0.3 is 9.64 Å². The number of ether oxygens (including phenoxy) is 1. The Labute approximate surface area is 164 Å². The Bertz CT molecular complexity index is 993. The molecule has 10 heteroatoms. The molecule has 0 bridgehead atoms. The van der Waals surface area contributed by atoms with Gasteiger partial charge >= 0.3 is 11.7 Å². The van der Waals surface area contributed by atoms with Crippen LogP contribution in [0.2, 0.25) is 0 Å². The highest BCUT2D eigenvalue weighted by molar-refractivity contribution is 7.99. The van der Waals surface area contributed by atoms with Crippen LogP contribution in [0.4, 0.5) is 14.5 Å². The van der Waals surface area contributed by atoms with Crippen molar-refractivity contribution in [2.45, 2.75) is 15.5 Å². The van der Waals surface area contributed by atoms with E-state index in [0.29, 0.717) is 6.54 Å². The summed E-state index contributed by atoms with van der Waals surface area (Å²) in [6.07, 6.45) is 0. The van der Waals surface area contributed by atoms with Crippen molar-refractivity contribution in [1.82, 2.24) is 0 Å². The third kappa shape index (κ3) is 4.17. The number of fused-ring (bicyclic) bond motifs is 1. The molecule has 0 fully saturated rings. The van der Waals surface area contributed by atoms with Gasteiger partial charge in [0.25, 0.3) is 5.91 Å². The summed E-state index contributed by atoms with van der Waals surface area (Å²) >= 11 is 1.63. The smallest absolute Gasteiger partial charge is 0.341 e. The predicted molar refractivity (Wildman–Crippen MR) is 99.4 cm³/mol. The minimum absolute atomic E-state index is 0.0457. The fourth-order valence-corrected chi connectivity index (χ4v) is 4.32. The van der Waals surface area contributed by atoms with Crippen molar-refractivity contribution >= 4 is 39.2 Å². The molecule has 0 spiro atoms. The Balaban J connectivity index is 1.64. The number of hydrogen-bond donors (Lipinski definition) is 0. The molecule has 0 aliphatic carbocycles. The maximum atomic E-state index is 12.5. The van der Waals surface area contributed by atoms with Gasteiger partial charge in [-0.05, 0) is 36.4 Å². The van der Waals surface area contributed by atoms with Crippen LogP contribution in [-0.2, 0) is 19.4 Å². The number of alkyl halides is 2. The zero-order valence-corrected chi connectivity index (χ0v) is 16.0. The number of amides is 1. The molecular formula is C18H15F2NO5S2. The summed E-state index contributed by atoms with van der Waals surface area (Å²) in [7, 11) is -4.74. The second-order valence-electron chi connectivity index (χ2n) is 5.77. The first-order chi connectivity index (χ1) is 13.3. The Kier molecular flexibility index (Phi) is 5.99. The molecule has 6 nitrogen and oxygen atoms in total. The number of rotatable bonds is 5. The van der Waals surface area contributed by atoms with Gasteiger partial charge in [0.15, 0.2) is 6.61 Å². The topological polar surface area (TPSA) is 80.8 Å². The molecule has 1 aliphatic rings. The number of benzene rings is 2. The summed E-state index contributed by atoms with van der Waals surface area (Å²) in [6.45, 7) is -0.00678. The van der Waals surface area contributed by atoms with Gasteiger partial charge in [0.2, 0.25) is 9.84 Å². The summed E-state index contributed by atoms with van der Waals surface area (Å²) in [5.41, 5.74) is 0.706. The molecule has 1 heterocycles. The molecule has 0 unspecified atom stereocenters. The van der Waals surface area contributed by atoms with Crippen LogP contribution in [-0.4, -0.2) is 45.0 Å². The van der Waals surface area contributed by atoms with E-state index in [1.165, 1.54) is 4.90 Å². The number of halogens is 2. The number of anilines is 1. The molecular weight excluding hydrogens is 412 g/mol. The molecule has 2 aromatic carbocycles. The van der Waals surface area contributed by atoms with Crippen LogP contribution in [0.15, 0.2) is 58.3 Å². The number of carbonyl (C=O) groups is 2. The van der Waals surface area contributed by atoms with Gasteiger partial charge in [-0.15, -0.1) is 11.8 Å². The van der Waals surface area contributed by atoms with Crippen LogP contribution in [0.1, 0.15) is 10.4 Å². The number of thioether (sulfide) groups is 1. The highest BCUT2D eigenvalue weighted by Gasteiger charge is 2.27. The number of nitrogens with zero attached hydrogens (tertiary/aromatic N) is 1. The highest BCUT2D eigenvalue weighted by atomic mass is 32.2. The summed E-state index contributed by atoms with van der Waals surface area (Å²) < 4.78 is 52.8. The van der Waals surface area contributed by atoms with E-state index in [-0.39, 0.29) is 5.56 Å². The summed E-state index contributed by atoms with van der Waals surface area (Å²) in [4.78, 5) is 26.4. The van der Waals surface area contributed by atoms with Crippen molar-refractivity contribution in [1.29, 1.82) is 0 Å². The van der Waals surface area contributed by atoms with Crippen LogP contribution < -0.4 is 4.90 Å². The maximum absolute atomic E-state index is 12.5. The largest absolute Gasteiger partial charge is 0.452 e. The Morgan fingerprint density at radius 2 is 1.79 bits per heavy atom. The van der Waals surface area contributed by atoms with E-state index in [4.69, 9.17) is 4.74 Å². The van der Waals surface area contributed by atoms with Crippen molar-refractivity contribution in [2.75, 3.05) is 23.8 Å². The van der Waals surface area contributed by atoms with E-state index in [0.717, 1.165) is 40.6 Å². The Morgan fingerprint density at radius 3 is 2.46 bits per heavy atom. The Hall–Kier alpha value is -2.46. The van der Waals surface area contributed by atoms with E-state index in [9.17, 15) is 26.8 Å². The standard InChI is InChI=1S/C18H15F2NO5S2/c19-18(20)28(24,25)13-7-5-12(6-8-13)17(23)26-11-16(22)21-9-10-27-15-4-2-1-3-14(15)21/h1-8,18H,9-11H2. The fraction of sp³-hybridized carbons (Fsp3) is 0.222. The lowest BCUT2D eigenvalue weighted by atomic mass is 10.2. The molecule has 0 radical (unpaired) electrons. The zero-order valence-electron chi connectivity index (χ0n) is 14.4. The van der Waals surface area contributed by atoms with Crippen molar-refractivity contribution in [2.24, 2.45) is 0 Å². The molecule has 2 aromatic rings. The molecule has 1 amide bonds. The molecule has 0 atom stereocenters. The van der Waals surface area contributed by atoms with Crippen LogP contribution in [0, 0.1) is 0 Å². The summed E-state index contributed by atoms with van der Waals surface area (Å²) in [6, 6.07) is 11.3. The highest BCUT2D eigenvalue weighted by Crippen LogP contribution is 2.34. The molecule has 148 valence electrons. The van der Waals surface area contributed by atoms with Crippen LogP contribution in [0.25, 0.3) is 0 Å². The quantitative estimate of drug-likeness (QED) is 0.683. The number of carbonyl (C=O) groups excluding carboxylic acids is 2. The van der Waals surface area contributed by atoms with Gasteiger partial charge in [0.1, 0.15) is 0 Å². The van der Waals surface area contributed by atoms with Gasteiger partial charge in [-0.25, -0.2) is 13.2 Å². The van der Waals surface area contributed by atoms with Gasteiger partial charge in [0.05, 0.1) is 16.1 Å². The van der Waals surface area contributed by atoms with E-state index >= 15 is 0 Å². The van der Waals surface area contributed by atoms with Crippen molar-refractivity contribution in [3.8, 4) is 0 Å². The van der Waals surface area contributed by atoms with E-state index in [1.807, 2.05) is 24.3 Å². The third-order valence-electron chi connectivity index (χ3n) is 4.01. The maximum Gasteiger partial charge on any atom is 0.341 e. The predicted octanol–water partition coefficient (Wildman–Crippen LogP) is 2.98. The first kappa shape index (κ1) is 20.3. The minimum Gasteiger partial charge on any atom is -0.452 e. The minimum atomic E-state index is -4.74. The average molecular weight is 427 g/mol. The van der Waals surface area contributed by atoms with Crippen LogP contribution in [0.3, 0.4) is 0 Å². The number of sulfone groups is 1. The molecule has 0 saturated heterocycles. The van der Waals surface area contributed by atoms with Gasteiger partial charge in [-0.3, -0.25) is 4.79 Å². The number of para-hydroxylation sites is 1. The summed E-state index contributed by atoms with van der Waals surface area (Å²) in [5, 5.41) is 0. The SMILES string of the molecule is O=C(OCC(=O)N1CCSc2ccccc21)c1ccc(S(=O)(=O)C(F)F)cc1. The number of esters is 1. The molecule has 0 aromatic heterocycles. The lowest BCUT2D eigenvalue weighted by Gasteiger charge is -2.28. The van der Waals surface area contributed by atoms with Gasteiger partial charge in [-0.2, -0.15) is 8.78 Å². The summed E-state index contributed by atoms with van der Waals surface area (Å²) in [5.74, 6) is -4.07. The van der Waals surface area contributed by atoms with Crippen molar-refractivity contribution in [3.05, 3.63) is 54.1 Å². The number of hydrogen-bond acceptors (Lipinski definition) is 6. The van der Waals surface area contributed by atoms with Crippen LogP contribution >= 0.6 is 11.8 Å². The average Bonchev–Trinajstić information content (AvgIpc) is 2.71. The Morgan fingerprint density at radius 1 is 1.11 bits per heavy atom. The normalized spacial score (nSPS) is 13.9. The van der Waals surface area contributed by atoms with Gasteiger partial charge in [0, 0.05) is 17.2 Å². The second kappa shape index (κ2) is 8.27. The molecule has 1 aliphatic heterocycles. The molecule has 28 heavy (non-hydrogen) atoms. The molecule has 0 N–H and O–H groups in total. The van der Waals surface area contributed by atoms with E-state index < -0.39 is 39.0 Å². The monoisotopic (exact) mass is 427 g/mol. The lowest BCUT2D eigenvalue weighted by molar-refractivity contribution is -0.121. The van der Waals surface area contributed by atoms with E-state index in [1.54, 1.807) is 11.8 Å². The lowest BCUT2D eigenvalue weighted by Crippen LogP contribution is -2.38. The third-order valence-corrected chi connectivity index (χ3v) is 6.45. The van der Waals surface area contributed by atoms with E-state index in [2.05, 4.69) is 0 Å². The molecule has 0 saturated carbocycles. The first-order valence-electron chi connectivity index (χ1n) is 8.12. The van der Waals surface area contributed by atoms with Crippen molar-refractivity contribution in [3.63, 3.8) is 0 Å². The van der Waals surface area contributed by atoms with Crippen LogP contribution in [0.5, 0.6) is 0 Å². The first-order valence-corrected chi connectivity index (χ1v) is 10.7. The fourth-order valence-electron chi connectivity index (χ4n) is 2.60.